The highest BCUT2D eigenvalue weighted by atomic mass is 35.5. The van der Waals surface area contributed by atoms with Gasteiger partial charge in [-0.25, -0.2) is 4.52 Å². The zero-order chi connectivity index (χ0) is 22.9. The molecular formula is C23H18ClN5O4. The summed E-state index contributed by atoms with van der Waals surface area (Å²) >= 11 is 6.20. The van der Waals surface area contributed by atoms with Crippen LogP contribution in [0.25, 0.3) is 28.2 Å². The second-order valence-electron chi connectivity index (χ2n) is 7.23. The number of benzene rings is 2. The Kier molecular flexibility index (Phi) is 5.41. The highest BCUT2D eigenvalue weighted by Crippen LogP contribution is 2.27. The summed E-state index contributed by atoms with van der Waals surface area (Å²) in [5, 5.41) is 19.0. The highest BCUT2D eigenvalue weighted by molar-refractivity contribution is 6.33. The molecule has 0 atom stereocenters. The van der Waals surface area contributed by atoms with E-state index < -0.39 is 0 Å². The van der Waals surface area contributed by atoms with E-state index >= 15 is 0 Å². The number of rotatable bonds is 6. The van der Waals surface area contributed by atoms with Gasteiger partial charge in [0.25, 0.3) is 11.4 Å². The Morgan fingerprint density at radius 2 is 1.91 bits per heavy atom. The minimum atomic E-state index is -0.344. The normalized spacial score (nSPS) is 11.2. The van der Waals surface area contributed by atoms with Gasteiger partial charge in [-0.15, -0.1) is 0 Å². The maximum Gasteiger partial charge on any atom is 0.277 e. The van der Waals surface area contributed by atoms with Crippen molar-refractivity contribution in [1.29, 1.82) is 0 Å². The van der Waals surface area contributed by atoms with Gasteiger partial charge >= 0.3 is 0 Å². The van der Waals surface area contributed by atoms with Crippen LogP contribution in [0.2, 0.25) is 5.02 Å². The second-order valence-corrected chi connectivity index (χ2v) is 7.64. The molecule has 3 aromatic heterocycles. The van der Waals surface area contributed by atoms with E-state index in [1.165, 1.54) is 9.08 Å². The molecule has 33 heavy (non-hydrogen) atoms. The van der Waals surface area contributed by atoms with Crippen molar-refractivity contribution in [3.8, 4) is 28.5 Å². The lowest BCUT2D eigenvalue weighted by molar-refractivity contribution is 0.283. The number of hydrogen-bond donors (Lipinski definition) is 1. The molecule has 0 saturated carbocycles. The maximum atomic E-state index is 13.3. The number of aromatic nitrogens is 5. The monoisotopic (exact) mass is 463 g/mol. The third-order valence-corrected chi connectivity index (χ3v) is 5.60. The van der Waals surface area contributed by atoms with Gasteiger partial charge in [-0.1, -0.05) is 28.9 Å². The van der Waals surface area contributed by atoms with Crippen LogP contribution in [0, 0.1) is 0 Å². The van der Waals surface area contributed by atoms with Crippen LogP contribution in [-0.4, -0.2) is 36.5 Å². The summed E-state index contributed by atoms with van der Waals surface area (Å²) < 4.78 is 13.4. The fourth-order valence-electron chi connectivity index (χ4n) is 3.62. The van der Waals surface area contributed by atoms with Gasteiger partial charge in [-0.2, -0.15) is 10.1 Å². The van der Waals surface area contributed by atoms with Crippen LogP contribution in [0.4, 0.5) is 0 Å². The van der Waals surface area contributed by atoms with E-state index in [9.17, 15) is 9.90 Å². The first-order valence-corrected chi connectivity index (χ1v) is 10.4. The van der Waals surface area contributed by atoms with Crippen LogP contribution in [0.15, 0.2) is 70.2 Å². The lowest BCUT2D eigenvalue weighted by atomic mass is 10.1. The molecule has 3 heterocycles. The topological polar surface area (TPSA) is 108 Å². The molecule has 5 rings (SSSR count). The number of nitrogens with zero attached hydrogens (tertiary/aromatic N) is 5. The molecule has 0 radical (unpaired) electrons. The number of fused-ring (bicyclic) bond motifs is 1. The van der Waals surface area contributed by atoms with E-state index in [1.807, 2.05) is 24.3 Å². The Balaban J connectivity index is 1.52. The minimum absolute atomic E-state index is 0.0806. The largest absolute Gasteiger partial charge is 0.497 e. The molecule has 5 aromatic rings. The molecule has 0 aliphatic carbocycles. The summed E-state index contributed by atoms with van der Waals surface area (Å²) in [6, 6.07) is 14.4. The summed E-state index contributed by atoms with van der Waals surface area (Å²) in [4.78, 5) is 17.6. The average molecular weight is 464 g/mol. The predicted octanol–water partition coefficient (Wildman–Crippen LogP) is 3.42. The number of aliphatic hydroxyl groups is 1. The van der Waals surface area contributed by atoms with Gasteiger partial charge in [0.2, 0.25) is 0 Å². The first-order valence-electron chi connectivity index (χ1n) is 10.0. The summed E-state index contributed by atoms with van der Waals surface area (Å²) in [5.74, 6) is 1.29. The summed E-state index contributed by atoms with van der Waals surface area (Å²) in [6.07, 6.45) is 3.24. The van der Waals surface area contributed by atoms with E-state index in [0.717, 1.165) is 5.56 Å². The lowest BCUT2D eigenvalue weighted by Crippen LogP contribution is -2.23. The van der Waals surface area contributed by atoms with Crippen LogP contribution in [-0.2, 0) is 13.2 Å². The molecule has 0 aliphatic heterocycles. The van der Waals surface area contributed by atoms with Gasteiger partial charge in [-0.3, -0.25) is 4.79 Å². The smallest absolute Gasteiger partial charge is 0.277 e. The van der Waals surface area contributed by atoms with Crippen LogP contribution < -0.4 is 10.3 Å². The number of methoxy groups -OCH3 is 1. The minimum Gasteiger partial charge on any atom is -0.497 e. The summed E-state index contributed by atoms with van der Waals surface area (Å²) in [7, 11) is 1.59. The number of hydrogen-bond acceptors (Lipinski definition) is 7. The molecule has 2 aromatic carbocycles. The maximum absolute atomic E-state index is 13.3. The SMILES string of the molecule is COc1ccc(-c2nn3ccn(Cc4noc(-c5ccccc5Cl)n4)c(=O)c3c2CO)cc1. The van der Waals surface area contributed by atoms with Crippen LogP contribution in [0.5, 0.6) is 5.75 Å². The molecule has 1 N–H and O–H groups in total. The van der Waals surface area contributed by atoms with Crippen LogP contribution >= 0.6 is 11.6 Å². The lowest BCUT2D eigenvalue weighted by Gasteiger charge is -2.04. The molecule has 166 valence electrons. The highest BCUT2D eigenvalue weighted by Gasteiger charge is 2.19. The molecule has 0 spiro atoms. The number of ether oxygens (including phenoxy) is 1. The zero-order valence-electron chi connectivity index (χ0n) is 17.5. The Labute approximate surface area is 192 Å². The van der Waals surface area contributed by atoms with Crippen molar-refractivity contribution in [2.24, 2.45) is 0 Å². The average Bonchev–Trinajstić information content (AvgIpc) is 3.46. The standard InChI is InChI=1S/C23H18ClN5O4/c1-32-15-8-6-14(7-9-15)20-17(13-30)21-23(31)28(10-11-29(21)26-20)12-19-25-22(33-27-19)16-4-2-3-5-18(16)24/h2-11,30H,12-13H2,1H3. The Hall–Kier alpha value is -3.95. The van der Waals surface area contributed by atoms with E-state index in [2.05, 4.69) is 15.2 Å². The van der Waals surface area contributed by atoms with E-state index in [1.54, 1.807) is 43.8 Å². The third-order valence-electron chi connectivity index (χ3n) is 5.27. The fraction of sp³-hybridized carbons (Fsp3) is 0.130. The van der Waals surface area contributed by atoms with Gasteiger partial charge < -0.3 is 18.9 Å². The Morgan fingerprint density at radius 1 is 1.12 bits per heavy atom. The van der Waals surface area contributed by atoms with E-state index in [0.29, 0.717) is 33.4 Å². The molecule has 0 fully saturated rings. The van der Waals surface area contributed by atoms with Crippen LogP contribution in [0.3, 0.4) is 0 Å². The second kappa shape index (κ2) is 8.53. The van der Waals surface area contributed by atoms with Crippen molar-refractivity contribution in [2.45, 2.75) is 13.2 Å². The van der Waals surface area contributed by atoms with Crippen molar-refractivity contribution in [2.75, 3.05) is 7.11 Å². The number of halogens is 1. The van der Waals surface area contributed by atoms with Gasteiger partial charge in [0, 0.05) is 23.5 Å². The zero-order valence-corrected chi connectivity index (χ0v) is 18.2. The molecule has 0 saturated heterocycles. The van der Waals surface area contributed by atoms with Gasteiger partial charge in [0.1, 0.15) is 11.3 Å². The predicted molar refractivity (Wildman–Crippen MR) is 121 cm³/mol. The van der Waals surface area contributed by atoms with Gasteiger partial charge in [0.05, 0.1) is 36.5 Å². The Morgan fingerprint density at radius 3 is 2.64 bits per heavy atom. The summed E-state index contributed by atoms with van der Waals surface area (Å²) in [5.41, 5.74) is 2.28. The first-order chi connectivity index (χ1) is 16.1. The molecule has 0 aliphatic rings. The third kappa shape index (κ3) is 3.77. The van der Waals surface area contributed by atoms with E-state index in [-0.39, 0.29) is 30.1 Å². The van der Waals surface area contributed by atoms with Gasteiger partial charge in [0.15, 0.2) is 5.82 Å². The van der Waals surface area contributed by atoms with Crippen molar-refractivity contribution < 1.29 is 14.4 Å². The van der Waals surface area contributed by atoms with Gasteiger partial charge in [-0.05, 0) is 36.4 Å². The van der Waals surface area contributed by atoms with E-state index in [4.69, 9.17) is 20.9 Å². The molecule has 0 amide bonds. The fourth-order valence-corrected chi connectivity index (χ4v) is 3.84. The van der Waals surface area contributed by atoms with Crippen molar-refractivity contribution in [3.05, 3.63) is 87.7 Å². The first kappa shape index (κ1) is 20.9. The quantitative estimate of drug-likeness (QED) is 0.411. The summed E-state index contributed by atoms with van der Waals surface area (Å²) in [6.45, 7) is -0.264. The van der Waals surface area contributed by atoms with Crippen molar-refractivity contribution in [3.63, 3.8) is 0 Å². The molecule has 9 nitrogen and oxygen atoms in total. The number of aliphatic hydroxyl groups excluding tert-OH is 1. The van der Waals surface area contributed by atoms with Crippen molar-refractivity contribution in [1.82, 2.24) is 24.3 Å². The molecule has 10 heteroatoms. The molecule has 0 bridgehead atoms. The van der Waals surface area contributed by atoms with Crippen LogP contribution in [0.1, 0.15) is 11.4 Å². The van der Waals surface area contributed by atoms with Crippen molar-refractivity contribution >= 4 is 17.1 Å². The Bertz CT molecular complexity index is 1500. The molecule has 0 unspecified atom stereocenters. The molecular weight excluding hydrogens is 446 g/mol.